The molecule has 1 heterocycles. The molecule has 88 valence electrons. The maximum atomic E-state index is 12.7. The zero-order valence-corrected chi connectivity index (χ0v) is 8.87. The third-order valence-corrected chi connectivity index (χ3v) is 3.05. The number of aromatic nitrogens is 1. The molecule has 0 aliphatic rings. The maximum absolute atomic E-state index is 12.7. The minimum absolute atomic E-state index is 0.256. The Hall–Kier alpha value is -1.54. The number of hydrogen-bond donors (Lipinski definition) is 2. The maximum Gasteiger partial charge on any atom is 0.304 e. The van der Waals surface area contributed by atoms with Gasteiger partial charge in [-0.15, -0.1) is 0 Å². The number of nitrogens with zero attached hydrogens (tertiary/aromatic N) is 1. The lowest BCUT2D eigenvalue weighted by atomic mass is 10.5. The molecule has 6 nitrogen and oxygen atoms in total. The van der Waals surface area contributed by atoms with Gasteiger partial charge in [-0.1, -0.05) is 0 Å². The molecule has 0 radical (unpaired) electrons. The van der Waals surface area contributed by atoms with Crippen LogP contribution in [-0.4, -0.2) is 31.0 Å². The van der Waals surface area contributed by atoms with Crippen LogP contribution in [0, 0.1) is 5.82 Å². The summed E-state index contributed by atoms with van der Waals surface area (Å²) in [6, 6.07) is 0.802. The standard InChI is InChI=1S/C8H9FN2O4S/c9-6-3-7(5-10-4-6)16(14,15)11-2-1-8(12)13/h3-5,11H,1-2H2,(H,12,13). The van der Waals surface area contributed by atoms with Gasteiger partial charge in [0.1, 0.15) is 10.7 Å². The molecule has 8 heteroatoms. The van der Waals surface area contributed by atoms with E-state index in [4.69, 9.17) is 5.11 Å². The molecule has 2 N–H and O–H groups in total. The summed E-state index contributed by atoms with van der Waals surface area (Å²) < 4.78 is 37.6. The van der Waals surface area contributed by atoms with Crippen LogP contribution in [0.4, 0.5) is 4.39 Å². The molecule has 16 heavy (non-hydrogen) atoms. The van der Waals surface area contributed by atoms with Gasteiger partial charge in [0.05, 0.1) is 12.6 Å². The van der Waals surface area contributed by atoms with Crippen molar-refractivity contribution in [3.05, 3.63) is 24.3 Å². The highest BCUT2D eigenvalue weighted by Crippen LogP contribution is 2.07. The summed E-state index contributed by atoms with van der Waals surface area (Å²) in [4.78, 5) is 13.2. The van der Waals surface area contributed by atoms with Crippen LogP contribution in [0.5, 0.6) is 0 Å². The van der Waals surface area contributed by atoms with Crippen molar-refractivity contribution in [3.8, 4) is 0 Å². The Kier molecular flexibility index (Phi) is 3.91. The summed E-state index contributed by atoms with van der Waals surface area (Å²) in [5, 5.41) is 8.32. The number of nitrogens with one attached hydrogen (secondary N) is 1. The van der Waals surface area contributed by atoms with Crippen LogP contribution in [0.2, 0.25) is 0 Å². The van der Waals surface area contributed by atoms with Gasteiger partial charge < -0.3 is 5.11 Å². The van der Waals surface area contributed by atoms with Gasteiger partial charge >= 0.3 is 5.97 Å². The molecular formula is C8H9FN2O4S. The quantitative estimate of drug-likeness (QED) is 0.763. The molecule has 0 aromatic carbocycles. The van der Waals surface area contributed by atoms with E-state index in [1.54, 1.807) is 0 Å². The zero-order chi connectivity index (χ0) is 12.2. The summed E-state index contributed by atoms with van der Waals surface area (Å²) in [5.74, 6) is -1.90. The summed E-state index contributed by atoms with van der Waals surface area (Å²) in [6.07, 6.45) is 1.50. The Morgan fingerprint density at radius 1 is 1.50 bits per heavy atom. The molecule has 0 atom stereocenters. The molecular weight excluding hydrogens is 239 g/mol. The van der Waals surface area contributed by atoms with Crippen molar-refractivity contribution in [1.82, 2.24) is 9.71 Å². The molecule has 1 aromatic rings. The fraction of sp³-hybridized carbons (Fsp3) is 0.250. The number of sulfonamides is 1. The average Bonchev–Trinajstić information content (AvgIpc) is 2.16. The lowest BCUT2D eigenvalue weighted by Gasteiger charge is -2.04. The second-order valence-corrected chi connectivity index (χ2v) is 4.65. The van der Waals surface area contributed by atoms with E-state index in [-0.39, 0.29) is 17.9 Å². The van der Waals surface area contributed by atoms with Crippen LogP contribution in [0.1, 0.15) is 6.42 Å². The van der Waals surface area contributed by atoms with Crippen molar-refractivity contribution in [3.63, 3.8) is 0 Å². The Labute approximate surface area is 91.2 Å². The van der Waals surface area contributed by atoms with E-state index in [0.717, 1.165) is 18.5 Å². The van der Waals surface area contributed by atoms with Crippen molar-refractivity contribution in [2.45, 2.75) is 11.3 Å². The van der Waals surface area contributed by atoms with Gasteiger partial charge in [0, 0.05) is 12.7 Å². The second kappa shape index (κ2) is 4.99. The van der Waals surface area contributed by atoms with Crippen LogP contribution in [0.25, 0.3) is 0 Å². The van der Waals surface area contributed by atoms with Crippen LogP contribution >= 0.6 is 0 Å². The predicted molar refractivity (Wildman–Crippen MR) is 51.6 cm³/mol. The number of carboxylic acids is 1. The normalized spacial score (nSPS) is 11.3. The first kappa shape index (κ1) is 12.5. The smallest absolute Gasteiger partial charge is 0.304 e. The molecule has 0 saturated carbocycles. The number of hydrogen-bond acceptors (Lipinski definition) is 4. The number of aliphatic carboxylic acids is 1. The van der Waals surface area contributed by atoms with Gasteiger partial charge in [0.15, 0.2) is 0 Å². The Morgan fingerprint density at radius 3 is 2.75 bits per heavy atom. The molecule has 0 fully saturated rings. The minimum Gasteiger partial charge on any atom is -0.481 e. The number of carboxylic acid groups (broad SMARTS) is 1. The molecule has 0 aliphatic carbocycles. The first-order valence-electron chi connectivity index (χ1n) is 4.24. The third-order valence-electron chi connectivity index (χ3n) is 1.62. The average molecular weight is 248 g/mol. The summed E-state index contributed by atoms with van der Waals surface area (Å²) in [7, 11) is -3.89. The van der Waals surface area contributed by atoms with E-state index in [0.29, 0.717) is 0 Å². The number of halogens is 1. The summed E-state index contributed by atoms with van der Waals surface area (Å²) in [6.45, 7) is -0.256. The highest BCUT2D eigenvalue weighted by molar-refractivity contribution is 7.89. The molecule has 0 aliphatic heterocycles. The van der Waals surface area contributed by atoms with Crippen LogP contribution in [-0.2, 0) is 14.8 Å². The van der Waals surface area contributed by atoms with Gasteiger partial charge in [-0.3, -0.25) is 9.78 Å². The lowest BCUT2D eigenvalue weighted by molar-refractivity contribution is -0.136. The van der Waals surface area contributed by atoms with Crippen LogP contribution in [0.15, 0.2) is 23.4 Å². The van der Waals surface area contributed by atoms with E-state index < -0.39 is 21.8 Å². The SMILES string of the molecule is O=C(O)CCNS(=O)(=O)c1cncc(F)c1. The second-order valence-electron chi connectivity index (χ2n) is 2.88. The molecule has 0 bridgehead atoms. The van der Waals surface area contributed by atoms with Gasteiger partial charge in [-0.25, -0.2) is 17.5 Å². The highest BCUT2D eigenvalue weighted by atomic mass is 32.2. The first-order valence-corrected chi connectivity index (χ1v) is 5.72. The van der Waals surface area contributed by atoms with E-state index >= 15 is 0 Å². The van der Waals surface area contributed by atoms with Crippen molar-refractivity contribution in [2.75, 3.05) is 6.54 Å². The molecule has 1 aromatic heterocycles. The zero-order valence-electron chi connectivity index (χ0n) is 8.05. The van der Waals surface area contributed by atoms with Crippen molar-refractivity contribution < 1.29 is 22.7 Å². The fourth-order valence-corrected chi connectivity index (χ4v) is 1.92. The highest BCUT2D eigenvalue weighted by Gasteiger charge is 2.14. The summed E-state index contributed by atoms with van der Waals surface area (Å²) >= 11 is 0. The van der Waals surface area contributed by atoms with Crippen LogP contribution in [0.3, 0.4) is 0 Å². The molecule has 0 amide bonds. The largest absolute Gasteiger partial charge is 0.481 e. The lowest BCUT2D eigenvalue weighted by Crippen LogP contribution is -2.26. The number of rotatable bonds is 5. The van der Waals surface area contributed by atoms with E-state index in [1.165, 1.54) is 0 Å². The summed E-state index contributed by atoms with van der Waals surface area (Å²) in [5.41, 5.74) is 0. The fourth-order valence-electron chi connectivity index (χ4n) is 0.915. The Bertz CT molecular complexity index is 489. The molecule has 0 unspecified atom stereocenters. The van der Waals surface area contributed by atoms with Crippen LogP contribution < -0.4 is 4.72 Å². The van der Waals surface area contributed by atoms with E-state index in [1.807, 2.05) is 4.72 Å². The topological polar surface area (TPSA) is 96.4 Å². The van der Waals surface area contributed by atoms with Gasteiger partial charge in [0.2, 0.25) is 10.0 Å². The van der Waals surface area contributed by atoms with Crippen molar-refractivity contribution in [1.29, 1.82) is 0 Å². The number of carbonyl (C=O) groups is 1. The van der Waals surface area contributed by atoms with Gasteiger partial charge in [-0.05, 0) is 6.07 Å². The van der Waals surface area contributed by atoms with Crippen molar-refractivity contribution in [2.24, 2.45) is 0 Å². The minimum atomic E-state index is -3.89. The van der Waals surface area contributed by atoms with Gasteiger partial charge in [-0.2, -0.15) is 0 Å². The Balaban J connectivity index is 2.74. The predicted octanol–water partition coefficient (Wildman–Crippen LogP) is -0.0263. The van der Waals surface area contributed by atoms with Gasteiger partial charge in [0.25, 0.3) is 0 Å². The first-order chi connectivity index (χ1) is 7.42. The third kappa shape index (κ3) is 3.55. The molecule has 0 spiro atoms. The van der Waals surface area contributed by atoms with E-state index in [2.05, 4.69) is 4.98 Å². The van der Waals surface area contributed by atoms with E-state index in [9.17, 15) is 17.6 Å². The van der Waals surface area contributed by atoms with Crippen molar-refractivity contribution >= 4 is 16.0 Å². The monoisotopic (exact) mass is 248 g/mol. The molecule has 1 rings (SSSR count). The number of pyridine rings is 1. The Morgan fingerprint density at radius 2 is 2.19 bits per heavy atom. The molecule has 0 saturated heterocycles.